The predicted octanol–water partition coefficient (Wildman–Crippen LogP) is 2.69. The van der Waals surface area contributed by atoms with Crippen LogP contribution in [0.4, 0.5) is 5.69 Å². The van der Waals surface area contributed by atoms with Crippen LogP contribution in [0, 0.1) is 0 Å². The van der Waals surface area contributed by atoms with E-state index >= 15 is 0 Å². The second-order valence-electron chi connectivity index (χ2n) is 4.84. The van der Waals surface area contributed by atoms with Crippen LogP contribution in [-0.4, -0.2) is 29.7 Å². The van der Waals surface area contributed by atoms with Crippen LogP contribution in [-0.2, 0) is 13.6 Å². The van der Waals surface area contributed by atoms with Gasteiger partial charge in [0.2, 0.25) is 0 Å². The van der Waals surface area contributed by atoms with Crippen LogP contribution in [0.3, 0.4) is 0 Å². The zero-order chi connectivity index (χ0) is 14.4. The Hall–Kier alpha value is -1.52. The normalized spacial score (nSPS) is 10.8. The molecule has 0 saturated carbocycles. The molecule has 0 bridgehead atoms. The van der Waals surface area contributed by atoms with E-state index in [0.717, 1.165) is 31.9 Å². The molecule has 0 fully saturated rings. The van der Waals surface area contributed by atoms with Crippen LogP contribution in [0.2, 0.25) is 5.15 Å². The topological polar surface area (TPSA) is 33.1 Å². The average Bonchev–Trinajstić information content (AvgIpc) is 2.79. The lowest BCUT2D eigenvalue weighted by atomic mass is 10.3. The van der Waals surface area contributed by atoms with Gasteiger partial charge in [-0.2, -0.15) is 0 Å². The average molecular weight is 293 g/mol. The summed E-state index contributed by atoms with van der Waals surface area (Å²) in [6.45, 7) is 2.73. The molecule has 5 heteroatoms. The summed E-state index contributed by atoms with van der Waals surface area (Å²) in [6.07, 6.45) is 2.77. The quantitative estimate of drug-likeness (QED) is 0.797. The molecule has 0 unspecified atom stereocenters. The maximum absolute atomic E-state index is 5.94. The minimum absolute atomic E-state index is 0.672. The van der Waals surface area contributed by atoms with Crippen molar-refractivity contribution < 1.29 is 0 Å². The summed E-state index contributed by atoms with van der Waals surface area (Å²) in [5.41, 5.74) is 1.25. The summed E-state index contributed by atoms with van der Waals surface area (Å²) >= 11 is 5.94. The van der Waals surface area contributed by atoms with E-state index in [9.17, 15) is 0 Å². The summed E-state index contributed by atoms with van der Waals surface area (Å²) in [4.78, 5) is 6.52. The van der Waals surface area contributed by atoms with Crippen molar-refractivity contribution in [3.63, 3.8) is 0 Å². The monoisotopic (exact) mass is 292 g/mol. The minimum atomic E-state index is 0.672. The molecule has 0 aliphatic rings. The van der Waals surface area contributed by atoms with Crippen molar-refractivity contribution in [2.75, 3.05) is 25.0 Å². The highest BCUT2D eigenvalue weighted by Gasteiger charge is 2.03. The molecule has 0 radical (unpaired) electrons. The van der Waals surface area contributed by atoms with Gasteiger partial charge in [0.1, 0.15) is 11.0 Å². The van der Waals surface area contributed by atoms with Crippen LogP contribution >= 0.6 is 11.6 Å². The molecule has 1 aromatic heterocycles. The van der Waals surface area contributed by atoms with Crippen LogP contribution < -0.4 is 10.2 Å². The lowest BCUT2D eigenvalue weighted by Crippen LogP contribution is -2.24. The zero-order valence-corrected chi connectivity index (χ0v) is 12.8. The summed E-state index contributed by atoms with van der Waals surface area (Å²) in [5, 5.41) is 4.07. The Bertz CT molecular complexity index is 524. The minimum Gasteiger partial charge on any atom is -0.375 e. The molecule has 4 nitrogen and oxygen atoms in total. The number of para-hydroxylation sites is 1. The van der Waals surface area contributed by atoms with Gasteiger partial charge in [-0.1, -0.05) is 29.8 Å². The second-order valence-corrected chi connectivity index (χ2v) is 5.23. The van der Waals surface area contributed by atoms with E-state index in [2.05, 4.69) is 46.5 Å². The fourth-order valence-corrected chi connectivity index (χ4v) is 2.19. The van der Waals surface area contributed by atoms with Crippen molar-refractivity contribution in [3.8, 4) is 0 Å². The Kier molecular flexibility index (Phi) is 5.44. The van der Waals surface area contributed by atoms with Gasteiger partial charge < -0.3 is 14.8 Å². The maximum atomic E-state index is 5.94. The van der Waals surface area contributed by atoms with Gasteiger partial charge in [-0.3, -0.25) is 0 Å². The molecule has 1 heterocycles. The smallest absolute Gasteiger partial charge is 0.128 e. The summed E-state index contributed by atoms with van der Waals surface area (Å²) in [7, 11) is 4.05. The van der Waals surface area contributed by atoms with Crippen LogP contribution in [0.25, 0.3) is 0 Å². The van der Waals surface area contributed by atoms with Gasteiger partial charge in [-0.05, 0) is 25.1 Å². The van der Waals surface area contributed by atoms with Gasteiger partial charge in [0.05, 0.1) is 12.7 Å². The number of rotatable bonds is 7. The number of hydrogen-bond donors (Lipinski definition) is 1. The van der Waals surface area contributed by atoms with Crippen molar-refractivity contribution in [1.29, 1.82) is 0 Å². The number of halogens is 1. The molecule has 0 spiro atoms. The maximum Gasteiger partial charge on any atom is 0.128 e. The first-order valence-electron chi connectivity index (χ1n) is 6.81. The number of imidazole rings is 1. The van der Waals surface area contributed by atoms with Gasteiger partial charge in [-0.25, -0.2) is 4.98 Å². The van der Waals surface area contributed by atoms with Crippen LogP contribution in [0.5, 0.6) is 0 Å². The number of nitrogens with zero attached hydrogens (tertiary/aromatic N) is 3. The number of anilines is 1. The molecular weight excluding hydrogens is 272 g/mol. The summed E-state index contributed by atoms with van der Waals surface area (Å²) in [6, 6.07) is 10.4. The first-order chi connectivity index (χ1) is 9.68. The van der Waals surface area contributed by atoms with E-state index in [1.807, 2.05) is 17.7 Å². The second kappa shape index (κ2) is 7.31. The van der Waals surface area contributed by atoms with Crippen molar-refractivity contribution in [1.82, 2.24) is 14.9 Å². The fourth-order valence-electron chi connectivity index (χ4n) is 2.04. The van der Waals surface area contributed by atoms with Crippen LogP contribution in [0.1, 0.15) is 12.2 Å². The SMILES string of the molecule is CN(CCCNCc1ncc(Cl)n1C)c1ccccc1. The van der Waals surface area contributed by atoms with Crippen molar-refractivity contribution in [2.24, 2.45) is 7.05 Å². The van der Waals surface area contributed by atoms with Gasteiger partial charge in [0, 0.05) is 26.3 Å². The standard InChI is InChI=1S/C15H21ClN4/c1-19(13-7-4-3-5-8-13)10-6-9-17-12-15-18-11-14(16)20(15)2/h3-5,7-8,11,17H,6,9-10,12H2,1-2H3. The third kappa shape index (κ3) is 3.99. The van der Waals surface area contributed by atoms with Crippen molar-refractivity contribution in [2.45, 2.75) is 13.0 Å². The molecule has 1 aromatic carbocycles. The van der Waals surface area contributed by atoms with E-state index < -0.39 is 0 Å². The highest BCUT2D eigenvalue weighted by molar-refractivity contribution is 6.29. The van der Waals surface area contributed by atoms with E-state index in [4.69, 9.17) is 11.6 Å². The molecule has 1 N–H and O–H groups in total. The highest BCUT2D eigenvalue weighted by Crippen LogP contribution is 2.11. The Morgan fingerprint density at radius 2 is 2.05 bits per heavy atom. The Balaban J connectivity index is 1.66. The van der Waals surface area contributed by atoms with Crippen molar-refractivity contribution in [3.05, 3.63) is 47.5 Å². The third-order valence-electron chi connectivity index (χ3n) is 3.35. The first kappa shape index (κ1) is 14.9. The molecular formula is C15H21ClN4. The third-order valence-corrected chi connectivity index (χ3v) is 3.71. The number of hydrogen-bond acceptors (Lipinski definition) is 3. The van der Waals surface area contributed by atoms with Gasteiger partial charge in [0.15, 0.2) is 0 Å². The van der Waals surface area contributed by atoms with Gasteiger partial charge in [0.25, 0.3) is 0 Å². The lowest BCUT2D eigenvalue weighted by Gasteiger charge is -2.19. The molecule has 0 aliphatic heterocycles. The zero-order valence-electron chi connectivity index (χ0n) is 12.0. The predicted molar refractivity (Wildman–Crippen MR) is 84.3 cm³/mol. The van der Waals surface area contributed by atoms with Gasteiger partial charge >= 0.3 is 0 Å². The molecule has 2 rings (SSSR count). The van der Waals surface area contributed by atoms with E-state index in [0.29, 0.717) is 5.15 Å². The van der Waals surface area contributed by atoms with E-state index in [1.165, 1.54) is 5.69 Å². The lowest BCUT2D eigenvalue weighted by molar-refractivity contribution is 0.612. The Morgan fingerprint density at radius 1 is 1.30 bits per heavy atom. The van der Waals surface area contributed by atoms with Crippen LogP contribution in [0.15, 0.2) is 36.5 Å². The first-order valence-corrected chi connectivity index (χ1v) is 7.19. The Morgan fingerprint density at radius 3 is 2.70 bits per heavy atom. The molecule has 20 heavy (non-hydrogen) atoms. The highest BCUT2D eigenvalue weighted by atomic mass is 35.5. The summed E-state index contributed by atoms with van der Waals surface area (Å²) in [5.74, 6) is 0.964. The molecule has 2 aromatic rings. The fraction of sp³-hybridized carbons (Fsp3) is 0.400. The Labute approximate surface area is 125 Å². The molecule has 0 amide bonds. The summed E-state index contributed by atoms with van der Waals surface area (Å²) < 4.78 is 1.89. The number of aromatic nitrogens is 2. The largest absolute Gasteiger partial charge is 0.375 e. The van der Waals surface area contributed by atoms with Gasteiger partial charge in [-0.15, -0.1) is 0 Å². The van der Waals surface area contributed by atoms with E-state index in [1.54, 1.807) is 6.20 Å². The van der Waals surface area contributed by atoms with Crippen molar-refractivity contribution >= 4 is 17.3 Å². The van der Waals surface area contributed by atoms with E-state index in [-0.39, 0.29) is 0 Å². The molecule has 108 valence electrons. The number of nitrogens with one attached hydrogen (secondary N) is 1. The molecule has 0 atom stereocenters. The molecule has 0 aliphatic carbocycles. The molecule has 0 saturated heterocycles. The number of benzene rings is 1.